The molecule has 0 unspecified atom stereocenters. The minimum absolute atomic E-state index is 0.0283. The number of amides is 2. The maximum atomic E-state index is 13.1. The number of carbonyl (C=O) groups excluding carboxylic acids is 2. The van der Waals surface area contributed by atoms with Crippen molar-refractivity contribution in [3.8, 4) is 0 Å². The topological polar surface area (TPSA) is 75.2 Å². The Kier molecular flexibility index (Phi) is 5.02. The lowest BCUT2D eigenvalue weighted by atomic mass is 10.0. The van der Waals surface area contributed by atoms with Crippen LogP contribution in [0.4, 0.5) is 0 Å². The molecule has 2 amide bonds. The van der Waals surface area contributed by atoms with E-state index in [2.05, 4.69) is 15.3 Å². The Morgan fingerprint density at radius 3 is 2.54 bits per heavy atom. The van der Waals surface area contributed by atoms with Gasteiger partial charge < -0.3 is 10.2 Å². The average molecular weight is 374 g/mol. The maximum Gasteiger partial charge on any atom is 0.254 e. The largest absolute Gasteiger partial charge is 0.349 e. The van der Waals surface area contributed by atoms with Gasteiger partial charge in [-0.25, -0.2) is 0 Å². The first-order chi connectivity index (χ1) is 13.6. The van der Waals surface area contributed by atoms with E-state index in [1.165, 1.54) is 0 Å². The third-order valence-electron chi connectivity index (χ3n) is 5.13. The summed E-state index contributed by atoms with van der Waals surface area (Å²) in [6, 6.07) is 13.1. The molecule has 3 aromatic rings. The molecule has 4 rings (SSSR count). The van der Waals surface area contributed by atoms with Crippen LogP contribution < -0.4 is 5.32 Å². The number of likely N-dealkylation sites (tertiary alicyclic amines) is 1. The molecule has 1 N–H and O–H groups in total. The zero-order valence-electron chi connectivity index (χ0n) is 15.8. The summed E-state index contributed by atoms with van der Waals surface area (Å²) in [5.41, 5.74) is 2.97. The standard InChI is InChI=1S/C22H22N4O2/c1-15-14-19(18-4-2-3-5-20(18)24-15)22(28)26-12-8-17(9-13-26)25-21(27)16-6-10-23-11-7-16/h2-7,10-11,14,17H,8-9,12-13H2,1H3,(H,25,27). The van der Waals surface area contributed by atoms with Crippen molar-refractivity contribution in [1.29, 1.82) is 0 Å². The molecule has 0 atom stereocenters. The first-order valence-electron chi connectivity index (χ1n) is 9.48. The zero-order valence-corrected chi connectivity index (χ0v) is 15.8. The molecule has 142 valence electrons. The molecule has 1 fully saturated rings. The van der Waals surface area contributed by atoms with E-state index < -0.39 is 0 Å². The van der Waals surface area contributed by atoms with Crippen LogP contribution in [0.5, 0.6) is 0 Å². The maximum absolute atomic E-state index is 13.1. The quantitative estimate of drug-likeness (QED) is 0.765. The number of carbonyl (C=O) groups is 2. The fourth-order valence-corrected chi connectivity index (χ4v) is 3.65. The van der Waals surface area contributed by atoms with Crippen molar-refractivity contribution in [2.24, 2.45) is 0 Å². The summed E-state index contributed by atoms with van der Waals surface area (Å²) in [4.78, 5) is 35.7. The van der Waals surface area contributed by atoms with Crippen molar-refractivity contribution >= 4 is 22.7 Å². The molecule has 0 aliphatic carbocycles. The number of benzene rings is 1. The summed E-state index contributed by atoms with van der Waals surface area (Å²) < 4.78 is 0. The highest BCUT2D eigenvalue weighted by molar-refractivity contribution is 6.06. The van der Waals surface area contributed by atoms with Gasteiger partial charge in [-0.1, -0.05) is 18.2 Å². The summed E-state index contributed by atoms with van der Waals surface area (Å²) >= 11 is 0. The van der Waals surface area contributed by atoms with Gasteiger partial charge in [0.15, 0.2) is 0 Å². The van der Waals surface area contributed by atoms with Crippen LogP contribution in [0.15, 0.2) is 54.9 Å². The Morgan fingerprint density at radius 1 is 1.07 bits per heavy atom. The molecular weight excluding hydrogens is 352 g/mol. The normalized spacial score (nSPS) is 14.8. The van der Waals surface area contributed by atoms with Gasteiger partial charge in [-0.2, -0.15) is 0 Å². The number of nitrogens with one attached hydrogen (secondary N) is 1. The van der Waals surface area contributed by atoms with E-state index >= 15 is 0 Å². The molecule has 1 saturated heterocycles. The van der Waals surface area contributed by atoms with E-state index in [-0.39, 0.29) is 17.9 Å². The molecule has 28 heavy (non-hydrogen) atoms. The second-order valence-corrected chi connectivity index (χ2v) is 7.10. The molecule has 0 saturated carbocycles. The van der Waals surface area contributed by atoms with Gasteiger partial charge in [-0.3, -0.25) is 19.6 Å². The lowest BCUT2D eigenvalue weighted by Crippen LogP contribution is -2.46. The number of para-hydroxylation sites is 1. The smallest absolute Gasteiger partial charge is 0.254 e. The number of aromatic nitrogens is 2. The second-order valence-electron chi connectivity index (χ2n) is 7.10. The van der Waals surface area contributed by atoms with Crippen molar-refractivity contribution in [1.82, 2.24) is 20.2 Å². The summed E-state index contributed by atoms with van der Waals surface area (Å²) in [7, 11) is 0. The van der Waals surface area contributed by atoms with Crippen molar-refractivity contribution < 1.29 is 9.59 Å². The minimum atomic E-state index is -0.0945. The van der Waals surface area contributed by atoms with Gasteiger partial charge in [-0.05, 0) is 44.0 Å². The molecule has 1 aliphatic heterocycles. The Morgan fingerprint density at radius 2 is 1.79 bits per heavy atom. The first-order valence-corrected chi connectivity index (χ1v) is 9.48. The molecule has 0 bridgehead atoms. The van der Waals surface area contributed by atoms with Crippen molar-refractivity contribution in [3.63, 3.8) is 0 Å². The van der Waals surface area contributed by atoms with Crippen LogP contribution >= 0.6 is 0 Å². The third kappa shape index (κ3) is 3.71. The summed E-state index contributed by atoms with van der Waals surface area (Å²) in [6.45, 7) is 3.15. The predicted octanol–water partition coefficient (Wildman–Crippen LogP) is 2.97. The predicted molar refractivity (Wildman–Crippen MR) is 107 cm³/mol. The Balaban J connectivity index is 1.43. The fourth-order valence-electron chi connectivity index (χ4n) is 3.65. The van der Waals surface area contributed by atoms with Crippen molar-refractivity contribution in [2.45, 2.75) is 25.8 Å². The van der Waals surface area contributed by atoms with Crippen LogP contribution in [-0.2, 0) is 0 Å². The average Bonchev–Trinajstić information content (AvgIpc) is 2.73. The van der Waals surface area contributed by atoms with Crippen LogP contribution in [-0.4, -0.2) is 45.8 Å². The van der Waals surface area contributed by atoms with Gasteiger partial charge in [0.2, 0.25) is 0 Å². The molecule has 6 nitrogen and oxygen atoms in total. The molecular formula is C22H22N4O2. The summed E-state index contributed by atoms with van der Waals surface area (Å²) in [5, 5.41) is 3.94. The third-order valence-corrected chi connectivity index (χ3v) is 5.13. The SMILES string of the molecule is Cc1cc(C(=O)N2CCC(NC(=O)c3ccncc3)CC2)c2ccccc2n1. The van der Waals surface area contributed by atoms with Crippen molar-refractivity contribution in [2.75, 3.05) is 13.1 Å². The number of hydrogen-bond donors (Lipinski definition) is 1. The number of rotatable bonds is 3. The van der Waals surface area contributed by atoms with E-state index in [1.807, 2.05) is 42.2 Å². The zero-order chi connectivity index (χ0) is 19.5. The number of aryl methyl sites for hydroxylation is 1. The Labute approximate surface area is 163 Å². The minimum Gasteiger partial charge on any atom is -0.349 e. The van der Waals surface area contributed by atoms with Crippen molar-refractivity contribution in [3.05, 3.63) is 71.7 Å². The van der Waals surface area contributed by atoms with Gasteiger partial charge in [-0.15, -0.1) is 0 Å². The van der Waals surface area contributed by atoms with Gasteiger partial charge in [0.1, 0.15) is 0 Å². The lowest BCUT2D eigenvalue weighted by molar-refractivity contribution is 0.0700. The molecule has 0 radical (unpaired) electrons. The molecule has 3 heterocycles. The summed E-state index contributed by atoms with van der Waals surface area (Å²) in [5.74, 6) is -0.0662. The van der Waals surface area contributed by atoms with Crippen LogP contribution in [0.1, 0.15) is 39.3 Å². The van der Waals surface area contributed by atoms with E-state index in [9.17, 15) is 9.59 Å². The Hall–Kier alpha value is -3.28. The monoisotopic (exact) mass is 374 g/mol. The highest BCUT2D eigenvalue weighted by Crippen LogP contribution is 2.22. The van der Waals surface area contributed by atoms with Crippen LogP contribution in [0, 0.1) is 6.92 Å². The number of piperidine rings is 1. The molecule has 6 heteroatoms. The highest BCUT2D eigenvalue weighted by atomic mass is 16.2. The lowest BCUT2D eigenvalue weighted by Gasteiger charge is -2.32. The van der Waals surface area contributed by atoms with Crippen LogP contribution in [0.2, 0.25) is 0 Å². The summed E-state index contributed by atoms with van der Waals surface area (Å²) in [6.07, 6.45) is 4.70. The number of fused-ring (bicyclic) bond motifs is 1. The Bertz CT molecular complexity index is 1010. The molecule has 1 aromatic carbocycles. The van der Waals surface area contributed by atoms with E-state index in [4.69, 9.17) is 0 Å². The second kappa shape index (κ2) is 7.76. The van der Waals surface area contributed by atoms with E-state index in [0.29, 0.717) is 24.2 Å². The molecule has 1 aliphatic rings. The van der Waals surface area contributed by atoms with E-state index in [0.717, 1.165) is 29.4 Å². The van der Waals surface area contributed by atoms with Gasteiger partial charge in [0.25, 0.3) is 11.8 Å². The highest BCUT2D eigenvalue weighted by Gasteiger charge is 2.26. The van der Waals surface area contributed by atoms with Crippen LogP contribution in [0.3, 0.4) is 0 Å². The molecule has 0 spiro atoms. The van der Waals surface area contributed by atoms with Gasteiger partial charge >= 0.3 is 0 Å². The molecule has 2 aromatic heterocycles. The number of pyridine rings is 2. The van der Waals surface area contributed by atoms with Crippen LogP contribution in [0.25, 0.3) is 10.9 Å². The number of nitrogens with zero attached hydrogens (tertiary/aromatic N) is 3. The van der Waals surface area contributed by atoms with Gasteiger partial charge in [0, 0.05) is 48.2 Å². The fraction of sp³-hybridized carbons (Fsp3) is 0.273. The van der Waals surface area contributed by atoms with Gasteiger partial charge in [0.05, 0.1) is 11.1 Å². The number of hydrogen-bond acceptors (Lipinski definition) is 4. The van der Waals surface area contributed by atoms with E-state index in [1.54, 1.807) is 24.5 Å². The first kappa shape index (κ1) is 18.1.